The molecule has 1 aliphatic carbocycles. The molecule has 14 heavy (non-hydrogen) atoms. The Morgan fingerprint density at radius 1 is 1.36 bits per heavy atom. The zero-order valence-electron chi connectivity index (χ0n) is 9.09. The highest BCUT2D eigenvalue weighted by Crippen LogP contribution is 2.30. The van der Waals surface area contributed by atoms with E-state index < -0.39 is 0 Å². The minimum absolute atomic E-state index is 0.605. The van der Waals surface area contributed by atoms with Crippen molar-refractivity contribution in [2.75, 3.05) is 6.54 Å². The summed E-state index contributed by atoms with van der Waals surface area (Å²) in [7, 11) is 0. The molecule has 1 atom stereocenters. The first kappa shape index (κ1) is 9.72. The molecule has 0 heterocycles. The van der Waals surface area contributed by atoms with Gasteiger partial charge in [0.05, 0.1) is 0 Å². The van der Waals surface area contributed by atoms with Crippen LogP contribution in [0.3, 0.4) is 0 Å². The minimum atomic E-state index is 0.605. The van der Waals surface area contributed by atoms with Crippen LogP contribution in [0, 0.1) is 5.92 Å². The predicted molar refractivity (Wildman–Crippen MR) is 60.3 cm³/mol. The Hall–Kier alpha value is -0.820. The molecule has 1 aliphatic rings. The molecule has 0 amide bonds. The molecule has 0 bridgehead atoms. The summed E-state index contributed by atoms with van der Waals surface area (Å²) in [5, 5.41) is 3.64. The molecule has 76 valence electrons. The van der Waals surface area contributed by atoms with Crippen molar-refractivity contribution in [3.63, 3.8) is 0 Å². The van der Waals surface area contributed by atoms with Gasteiger partial charge in [0.25, 0.3) is 0 Å². The number of rotatable bonds is 3. The molecular formula is C13H19N. The highest BCUT2D eigenvalue weighted by molar-refractivity contribution is 5.34. The van der Waals surface area contributed by atoms with Crippen LogP contribution in [0.5, 0.6) is 0 Å². The van der Waals surface area contributed by atoms with Crippen molar-refractivity contribution < 1.29 is 0 Å². The molecule has 1 heteroatoms. The molecule has 0 fully saturated rings. The number of hydrogen-bond acceptors (Lipinski definition) is 1. The highest BCUT2D eigenvalue weighted by Gasteiger charge is 2.20. The molecule has 1 aromatic carbocycles. The maximum atomic E-state index is 3.64. The van der Waals surface area contributed by atoms with Crippen molar-refractivity contribution in [1.29, 1.82) is 0 Å². The summed E-state index contributed by atoms with van der Waals surface area (Å²) in [4.78, 5) is 0. The first-order valence-electron chi connectivity index (χ1n) is 5.58. The van der Waals surface area contributed by atoms with Crippen LogP contribution in [0.1, 0.15) is 37.4 Å². The van der Waals surface area contributed by atoms with Crippen LogP contribution in [0.4, 0.5) is 0 Å². The maximum absolute atomic E-state index is 3.64. The van der Waals surface area contributed by atoms with Gasteiger partial charge in [-0.3, -0.25) is 0 Å². The number of benzene rings is 1. The standard InChI is InChI=1S/C13H19N/c1-10(2)9-14-13-8-7-11-5-3-4-6-12(11)13/h3-6,10,13-14H,7-9H2,1-2H3. The number of fused-ring (bicyclic) bond motifs is 1. The Labute approximate surface area is 86.5 Å². The number of nitrogens with one attached hydrogen (secondary N) is 1. The fourth-order valence-corrected chi connectivity index (χ4v) is 2.15. The first-order valence-corrected chi connectivity index (χ1v) is 5.58. The van der Waals surface area contributed by atoms with Crippen molar-refractivity contribution in [2.24, 2.45) is 5.92 Å². The lowest BCUT2D eigenvalue weighted by Gasteiger charge is -2.15. The predicted octanol–water partition coefficient (Wildman–Crippen LogP) is 2.92. The molecule has 2 rings (SSSR count). The fraction of sp³-hybridized carbons (Fsp3) is 0.538. The quantitative estimate of drug-likeness (QED) is 0.771. The van der Waals surface area contributed by atoms with Crippen molar-refractivity contribution in [2.45, 2.75) is 32.7 Å². The maximum Gasteiger partial charge on any atom is 0.0326 e. The molecular weight excluding hydrogens is 170 g/mol. The topological polar surface area (TPSA) is 12.0 Å². The Bertz CT molecular complexity index is 304. The third kappa shape index (κ3) is 1.98. The molecule has 1 unspecified atom stereocenters. The van der Waals surface area contributed by atoms with Crippen molar-refractivity contribution in [3.8, 4) is 0 Å². The lowest BCUT2D eigenvalue weighted by atomic mass is 10.1. The van der Waals surface area contributed by atoms with E-state index >= 15 is 0 Å². The summed E-state index contributed by atoms with van der Waals surface area (Å²) in [5.41, 5.74) is 3.06. The van der Waals surface area contributed by atoms with E-state index in [1.54, 1.807) is 0 Å². The van der Waals surface area contributed by atoms with Gasteiger partial charge in [0.2, 0.25) is 0 Å². The van der Waals surface area contributed by atoms with Gasteiger partial charge in [-0.1, -0.05) is 38.1 Å². The second-order valence-electron chi connectivity index (χ2n) is 4.59. The third-order valence-electron chi connectivity index (χ3n) is 2.91. The summed E-state index contributed by atoms with van der Waals surface area (Å²) >= 11 is 0. The van der Waals surface area contributed by atoms with E-state index in [1.165, 1.54) is 24.0 Å². The molecule has 1 nitrogen and oxygen atoms in total. The van der Waals surface area contributed by atoms with E-state index in [-0.39, 0.29) is 0 Å². The SMILES string of the molecule is CC(C)CNC1CCc2ccccc21. The normalized spacial score (nSPS) is 20.1. The van der Waals surface area contributed by atoms with Gasteiger partial charge in [-0.2, -0.15) is 0 Å². The minimum Gasteiger partial charge on any atom is -0.310 e. The third-order valence-corrected chi connectivity index (χ3v) is 2.91. The van der Waals surface area contributed by atoms with Crippen LogP contribution >= 0.6 is 0 Å². The largest absolute Gasteiger partial charge is 0.310 e. The lowest BCUT2D eigenvalue weighted by Crippen LogP contribution is -2.23. The summed E-state index contributed by atoms with van der Waals surface area (Å²) in [6, 6.07) is 9.42. The average Bonchev–Trinajstić information content (AvgIpc) is 2.58. The molecule has 0 radical (unpaired) electrons. The van der Waals surface area contributed by atoms with Crippen molar-refractivity contribution in [3.05, 3.63) is 35.4 Å². The average molecular weight is 189 g/mol. The van der Waals surface area contributed by atoms with Gasteiger partial charge in [-0.25, -0.2) is 0 Å². The van der Waals surface area contributed by atoms with E-state index in [1.807, 2.05) is 0 Å². The highest BCUT2D eigenvalue weighted by atomic mass is 14.9. The summed E-state index contributed by atoms with van der Waals surface area (Å²) in [6.45, 7) is 5.64. The van der Waals surface area contributed by atoms with Gasteiger partial charge in [-0.15, -0.1) is 0 Å². The van der Waals surface area contributed by atoms with Crippen molar-refractivity contribution in [1.82, 2.24) is 5.32 Å². The zero-order valence-corrected chi connectivity index (χ0v) is 9.09. The van der Waals surface area contributed by atoms with Crippen LogP contribution in [-0.2, 0) is 6.42 Å². The second kappa shape index (κ2) is 4.14. The molecule has 1 N–H and O–H groups in total. The van der Waals surface area contributed by atoms with Gasteiger partial charge < -0.3 is 5.32 Å². The van der Waals surface area contributed by atoms with Gasteiger partial charge >= 0.3 is 0 Å². The summed E-state index contributed by atoms with van der Waals surface area (Å²) < 4.78 is 0. The van der Waals surface area contributed by atoms with Crippen LogP contribution in [-0.4, -0.2) is 6.54 Å². The van der Waals surface area contributed by atoms with Crippen LogP contribution < -0.4 is 5.32 Å². The van der Waals surface area contributed by atoms with Crippen LogP contribution in [0.15, 0.2) is 24.3 Å². The Kier molecular flexibility index (Phi) is 2.87. The second-order valence-corrected chi connectivity index (χ2v) is 4.59. The van der Waals surface area contributed by atoms with Crippen LogP contribution in [0.25, 0.3) is 0 Å². The Morgan fingerprint density at radius 3 is 2.93 bits per heavy atom. The smallest absolute Gasteiger partial charge is 0.0326 e. The number of aryl methyl sites for hydroxylation is 1. The van der Waals surface area contributed by atoms with Gasteiger partial charge in [0.1, 0.15) is 0 Å². The molecule has 0 saturated heterocycles. The van der Waals surface area contributed by atoms with Gasteiger partial charge in [0, 0.05) is 6.04 Å². The molecule has 0 aliphatic heterocycles. The Morgan fingerprint density at radius 2 is 2.14 bits per heavy atom. The van der Waals surface area contributed by atoms with Crippen molar-refractivity contribution >= 4 is 0 Å². The van der Waals surface area contributed by atoms with E-state index in [0.717, 1.165) is 12.5 Å². The van der Waals surface area contributed by atoms with E-state index in [2.05, 4.69) is 43.4 Å². The summed E-state index contributed by atoms with van der Waals surface area (Å²) in [5.74, 6) is 0.739. The fourth-order valence-electron chi connectivity index (χ4n) is 2.15. The number of hydrogen-bond donors (Lipinski definition) is 1. The van der Waals surface area contributed by atoms with Gasteiger partial charge in [-0.05, 0) is 36.4 Å². The zero-order chi connectivity index (χ0) is 9.97. The molecule has 0 spiro atoms. The molecule has 0 saturated carbocycles. The van der Waals surface area contributed by atoms with E-state index in [4.69, 9.17) is 0 Å². The Balaban J connectivity index is 2.03. The van der Waals surface area contributed by atoms with Gasteiger partial charge in [0.15, 0.2) is 0 Å². The van der Waals surface area contributed by atoms with Crippen LogP contribution in [0.2, 0.25) is 0 Å². The molecule has 1 aromatic rings. The van der Waals surface area contributed by atoms with E-state index in [0.29, 0.717) is 6.04 Å². The first-order chi connectivity index (χ1) is 6.77. The summed E-state index contributed by atoms with van der Waals surface area (Å²) in [6.07, 6.45) is 2.51. The molecule has 0 aromatic heterocycles. The monoisotopic (exact) mass is 189 g/mol. The van der Waals surface area contributed by atoms with E-state index in [9.17, 15) is 0 Å². The lowest BCUT2D eigenvalue weighted by molar-refractivity contribution is 0.472.